The highest BCUT2D eigenvalue weighted by atomic mass is 35.5. The van der Waals surface area contributed by atoms with Crippen molar-refractivity contribution >= 4 is 22.6 Å². The van der Waals surface area contributed by atoms with Crippen molar-refractivity contribution in [2.75, 3.05) is 0 Å². The summed E-state index contributed by atoms with van der Waals surface area (Å²) >= 11 is 5.83. The molecule has 0 radical (unpaired) electrons. The third-order valence-corrected chi connectivity index (χ3v) is 1.87. The molecule has 0 aliphatic carbocycles. The zero-order valence-corrected chi connectivity index (χ0v) is 7.42. The Morgan fingerprint density at radius 1 is 1.46 bits per heavy atom. The van der Waals surface area contributed by atoms with Gasteiger partial charge in [-0.25, -0.2) is 9.97 Å². The summed E-state index contributed by atoms with van der Waals surface area (Å²) in [7, 11) is 0. The van der Waals surface area contributed by atoms with Crippen molar-refractivity contribution < 1.29 is 0 Å². The SMILES string of the molecule is Cc1nc(Cl)c2c(C#N)[nH]nc2n1. The van der Waals surface area contributed by atoms with E-state index in [0.717, 1.165) is 0 Å². The van der Waals surface area contributed by atoms with Gasteiger partial charge in [0.1, 0.15) is 22.7 Å². The number of nitrogens with zero attached hydrogens (tertiary/aromatic N) is 4. The van der Waals surface area contributed by atoms with Gasteiger partial charge in [-0.2, -0.15) is 10.4 Å². The Balaban J connectivity index is 2.92. The maximum atomic E-state index is 8.68. The van der Waals surface area contributed by atoms with E-state index in [1.165, 1.54) is 0 Å². The molecule has 0 amide bonds. The quantitative estimate of drug-likeness (QED) is 0.638. The number of fused-ring (bicyclic) bond motifs is 1. The van der Waals surface area contributed by atoms with Crippen LogP contribution in [-0.4, -0.2) is 20.2 Å². The third-order valence-electron chi connectivity index (χ3n) is 1.59. The second-order valence-corrected chi connectivity index (χ2v) is 2.83. The van der Waals surface area contributed by atoms with E-state index in [1.807, 2.05) is 6.07 Å². The number of H-pyrrole nitrogens is 1. The van der Waals surface area contributed by atoms with Crippen molar-refractivity contribution in [2.45, 2.75) is 6.92 Å². The zero-order valence-electron chi connectivity index (χ0n) is 6.67. The normalized spacial score (nSPS) is 10.2. The molecule has 0 fully saturated rings. The number of nitriles is 1. The fraction of sp³-hybridized carbons (Fsp3) is 0.143. The average molecular weight is 194 g/mol. The van der Waals surface area contributed by atoms with Gasteiger partial charge in [-0.05, 0) is 6.92 Å². The van der Waals surface area contributed by atoms with Crippen LogP contribution in [0.1, 0.15) is 11.5 Å². The molecule has 2 aromatic rings. The summed E-state index contributed by atoms with van der Waals surface area (Å²) in [5.41, 5.74) is 0.717. The second-order valence-electron chi connectivity index (χ2n) is 2.47. The van der Waals surface area contributed by atoms with Crippen LogP contribution >= 0.6 is 11.6 Å². The molecule has 0 aromatic carbocycles. The van der Waals surface area contributed by atoms with Crippen LogP contribution in [0.4, 0.5) is 0 Å². The van der Waals surface area contributed by atoms with Gasteiger partial charge >= 0.3 is 0 Å². The molecule has 2 rings (SSSR count). The number of aromatic nitrogens is 4. The van der Waals surface area contributed by atoms with E-state index in [-0.39, 0.29) is 5.15 Å². The first-order valence-corrected chi connectivity index (χ1v) is 3.88. The van der Waals surface area contributed by atoms with Crippen molar-refractivity contribution in [3.05, 3.63) is 16.7 Å². The molecule has 64 valence electrons. The Hall–Kier alpha value is -1.67. The summed E-state index contributed by atoms with van der Waals surface area (Å²) in [5, 5.41) is 15.8. The topological polar surface area (TPSA) is 78.2 Å². The summed E-state index contributed by atoms with van der Waals surface area (Å²) in [6.45, 7) is 1.71. The van der Waals surface area contributed by atoms with Crippen molar-refractivity contribution in [3.8, 4) is 6.07 Å². The number of nitrogens with one attached hydrogen (secondary N) is 1. The summed E-state index contributed by atoms with van der Waals surface area (Å²) in [5.74, 6) is 0.536. The van der Waals surface area contributed by atoms with Gasteiger partial charge in [0.05, 0.1) is 5.39 Å². The Labute approximate surface area is 78.4 Å². The number of rotatable bonds is 0. The first-order valence-electron chi connectivity index (χ1n) is 3.50. The lowest BCUT2D eigenvalue weighted by Crippen LogP contribution is -1.89. The van der Waals surface area contributed by atoms with Crippen molar-refractivity contribution in [1.82, 2.24) is 20.2 Å². The predicted octanol–water partition coefficient (Wildman–Crippen LogP) is 1.19. The molecule has 1 N–H and O–H groups in total. The minimum absolute atomic E-state index is 0.257. The van der Waals surface area contributed by atoms with Gasteiger partial charge in [-0.1, -0.05) is 11.6 Å². The summed E-state index contributed by atoms with van der Waals surface area (Å²) < 4.78 is 0. The van der Waals surface area contributed by atoms with E-state index in [0.29, 0.717) is 22.6 Å². The van der Waals surface area contributed by atoms with Gasteiger partial charge in [-0.3, -0.25) is 5.10 Å². The molecule has 0 aliphatic heterocycles. The minimum atomic E-state index is 0.257. The smallest absolute Gasteiger partial charge is 0.187 e. The lowest BCUT2D eigenvalue weighted by molar-refractivity contribution is 1.04. The summed E-state index contributed by atoms with van der Waals surface area (Å²) in [6.07, 6.45) is 0. The maximum Gasteiger partial charge on any atom is 0.187 e. The molecule has 0 spiro atoms. The number of halogens is 1. The zero-order chi connectivity index (χ0) is 9.42. The van der Waals surface area contributed by atoms with Gasteiger partial charge in [0.15, 0.2) is 5.65 Å². The van der Waals surface area contributed by atoms with Crippen molar-refractivity contribution in [2.24, 2.45) is 0 Å². The molecule has 2 heterocycles. The third kappa shape index (κ3) is 1.12. The molecule has 0 saturated heterocycles. The van der Waals surface area contributed by atoms with Crippen LogP contribution in [0, 0.1) is 18.3 Å². The monoisotopic (exact) mass is 193 g/mol. The van der Waals surface area contributed by atoms with Crippen LogP contribution in [-0.2, 0) is 0 Å². The van der Waals surface area contributed by atoms with Gasteiger partial charge in [0.25, 0.3) is 0 Å². The van der Waals surface area contributed by atoms with E-state index in [2.05, 4.69) is 20.2 Å². The minimum Gasteiger partial charge on any atom is -0.265 e. The fourth-order valence-electron chi connectivity index (χ4n) is 1.07. The lowest BCUT2D eigenvalue weighted by Gasteiger charge is -1.93. The summed E-state index contributed by atoms with van der Waals surface area (Å²) in [4.78, 5) is 7.94. The number of aromatic amines is 1. The Kier molecular flexibility index (Phi) is 1.64. The first-order chi connectivity index (χ1) is 6.22. The van der Waals surface area contributed by atoms with E-state index in [9.17, 15) is 0 Å². The standard InChI is InChI=1S/C7H4ClN5/c1-3-10-6(8)5-4(2-9)12-13-7(5)11-3/h1H3,(H,10,11,12,13). The fourth-order valence-corrected chi connectivity index (χ4v) is 1.37. The lowest BCUT2D eigenvalue weighted by atomic mass is 10.3. The van der Waals surface area contributed by atoms with E-state index in [1.54, 1.807) is 6.92 Å². The van der Waals surface area contributed by atoms with Crippen LogP contribution in [0.5, 0.6) is 0 Å². The highest BCUT2D eigenvalue weighted by Gasteiger charge is 2.11. The molecule has 2 aromatic heterocycles. The largest absolute Gasteiger partial charge is 0.265 e. The van der Waals surface area contributed by atoms with Crippen LogP contribution in [0.3, 0.4) is 0 Å². The van der Waals surface area contributed by atoms with Crippen LogP contribution in [0.25, 0.3) is 11.0 Å². The van der Waals surface area contributed by atoms with E-state index in [4.69, 9.17) is 16.9 Å². The molecule has 0 saturated carbocycles. The Morgan fingerprint density at radius 2 is 2.23 bits per heavy atom. The molecular weight excluding hydrogens is 190 g/mol. The molecule has 6 heteroatoms. The Bertz CT molecular complexity index is 509. The molecule has 0 unspecified atom stereocenters. The number of hydrogen-bond acceptors (Lipinski definition) is 4. The number of aryl methyl sites for hydroxylation is 1. The van der Waals surface area contributed by atoms with Gasteiger partial charge in [0.2, 0.25) is 0 Å². The highest BCUT2D eigenvalue weighted by molar-refractivity contribution is 6.34. The van der Waals surface area contributed by atoms with Gasteiger partial charge in [-0.15, -0.1) is 0 Å². The van der Waals surface area contributed by atoms with Gasteiger partial charge < -0.3 is 0 Å². The molecule has 0 aliphatic rings. The molecule has 13 heavy (non-hydrogen) atoms. The predicted molar refractivity (Wildman–Crippen MR) is 46.1 cm³/mol. The molecular formula is C7H4ClN5. The van der Waals surface area contributed by atoms with Gasteiger partial charge in [0, 0.05) is 0 Å². The molecule has 0 bridgehead atoms. The first kappa shape index (κ1) is 7.95. The van der Waals surface area contributed by atoms with Crippen molar-refractivity contribution in [3.63, 3.8) is 0 Å². The molecule has 5 nitrogen and oxygen atoms in total. The van der Waals surface area contributed by atoms with Crippen LogP contribution in [0.15, 0.2) is 0 Å². The molecule has 0 atom stereocenters. The second kappa shape index (κ2) is 2.68. The summed E-state index contributed by atoms with van der Waals surface area (Å²) in [6, 6.07) is 1.93. The van der Waals surface area contributed by atoms with Crippen LogP contribution < -0.4 is 0 Å². The van der Waals surface area contributed by atoms with Crippen LogP contribution in [0.2, 0.25) is 5.15 Å². The van der Waals surface area contributed by atoms with E-state index < -0.39 is 0 Å². The van der Waals surface area contributed by atoms with Crippen molar-refractivity contribution in [1.29, 1.82) is 5.26 Å². The Morgan fingerprint density at radius 3 is 2.92 bits per heavy atom. The number of hydrogen-bond donors (Lipinski definition) is 1. The maximum absolute atomic E-state index is 8.68. The average Bonchev–Trinajstić information content (AvgIpc) is 2.47. The van der Waals surface area contributed by atoms with E-state index >= 15 is 0 Å². The highest BCUT2D eigenvalue weighted by Crippen LogP contribution is 2.21.